The summed E-state index contributed by atoms with van der Waals surface area (Å²) in [4.78, 5) is 20.7. The Morgan fingerprint density at radius 3 is 2.57 bits per heavy atom. The van der Waals surface area contributed by atoms with Crippen LogP contribution in [0.4, 0.5) is 5.82 Å². The summed E-state index contributed by atoms with van der Waals surface area (Å²) < 4.78 is 0. The third-order valence-electron chi connectivity index (χ3n) is 3.54. The van der Waals surface area contributed by atoms with E-state index in [9.17, 15) is 4.79 Å². The molecule has 6 nitrogen and oxygen atoms in total. The van der Waals surface area contributed by atoms with Crippen LogP contribution in [0.1, 0.15) is 24.2 Å². The van der Waals surface area contributed by atoms with Crippen LogP contribution in [0.2, 0.25) is 0 Å². The number of rotatable bonds is 5. The first kappa shape index (κ1) is 15.7. The molecule has 2 heterocycles. The topological polar surface area (TPSA) is 68.7 Å². The summed E-state index contributed by atoms with van der Waals surface area (Å²) in [5.74, 6) is 0.816. The minimum absolute atomic E-state index is 0.0863. The van der Waals surface area contributed by atoms with Crippen LogP contribution in [0, 0.1) is 0 Å². The van der Waals surface area contributed by atoms with Crippen molar-refractivity contribution in [3.63, 3.8) is 0 Å². The normalized spacial score (nSPS) is 16.3. The number of hydrogen-bond acceptors (Lipinski definition) is 5. The van der Waals surface area contributed by atoms with Crippen molar-refractivity contribution in [2.45, 2.75) is 19.9 Å². The lowest BCUT2D eigenvalue weighted by Crippen LogP contribution is -2.47. The molecule has 1 aromatic heterocycles. The van der Waals surface area contributed by atoms with Crippen LogP contribution in [-0.4, -0.2) is 66.3 Å². The molecule has 2 rings (SSSR count). The molecule has 0 saturated carbocycles. The first-order valence-corrected chi connectivity index (χ1v) is 7.45. The number of aliphatic hydroxyl groups is 1. The zero-order valence-electron chi connectivity index (χ0n) is 12.7. The van der Waals surface area contributed by atoms with Crippen molar-refractivity contribution < 1.29 is 9.90 Å². The minimum atomic E-state index is -0.0863. The highest BCUT2D eigenvalue weighted by Gasteiger charge is 2.17. The van der Waals surface area contributed by atoms with Crippen molar-refractivity contribution in [1.82, 2.24) is 15.2 Å². The van der Waals surface area contributed by atoms with Crippen molar-refractivity contribution in [2.75, 3.05) is 44.2 Å². The van der Waals surface area contributed by atoms with Gasteiger partial charge in [-0.1, -0.05) is 0 Å². The molecule has 1 saturated heterocycles. The van der Waals surface area contributed by atoms with E-state index >= 15 is 0 Å². The lowest BCUT2D eigenvalue weighted by atomic mass is 10.2. The molecular formula is C15H24N4O2. The van der Waals surface area contributed by atoms with Crippen LogP contribution < -0.4 is 10.2 Å². The summed E-state index contributed by atoms with van der Waals surface area (Å²) in [5, 5.41) is 11.8. The van der Waals surface area contributed by atoms with Crippen LogP contribution in [-0.2, 0) is 0 Å². The van der Waals surface area contributed by atoms with Gasteiger partial charge in [0, 0.05) is 45.0 Å². The van der Waals surface area contributed by atoms with Gasteiger partial charge in [0.25, 0.3) is 5.91 Å². The fourth-order valence-electron chi connectivity index (χ4n) is 2.39. The Bertz CT molecular complexity index is 453. The maximum absolute atomic E-state index is 11.9. The molecule has 0 aliphatic carbocycles. The number of carbonyl (C=O) groups is 1. The van der Waals surface area contributed by atoms with Gasteiger partial charge < -0.3 is 15.3 Å². The number of β-amino-alcohol motifs (C(OH)–C–C–N with tert-alkyl or cyclic N) is 1. The molecule has 21 heavy (non-hydrogen) atoms. The number of anilines is 1. The number of carbonyl (C=O) groups excluding carboxylic acids is 1. The number of hydrogen-bond donors (Lipinski definition) is 2. The first-order valence-electron chi connectivity index (χ1n) is 7.45. The largest absolute Gasteiger partial charge is 0.395 e. The molecule has 1 aliphatic rings. The molecule has 0 bridgehead atoms. The van der Waals surface area contributed by atoms with Gasteiger partial charge in [-0.15, -0.1) is 0 Å². The van der Waals surface area contributed by atoms with Crippen molar-refractivity contribution >= 4 is 11.7 Å². The summed E-state index contributed by atoms with van der Waals surface area (Å²) >= 11 is 0. The molecule has 0 aromatic carbocycles. The molecule has 116 valence electrons. The number of aliphatic hydroxyl groups excluding tert-OH is 1. The van der Waals surface area contributed by atoms with Gasteiger partial charge in [0.2, 0.25) is 0 Å². The number of pyridine rings is 1. The lowest BCUT2D eigenvalue weighted by Gasteiger charge is -2.35. The second-order valence-corrected chi connectivity index (χ2v) is 5.59. The first-order chi connectivity index (χ1) is 10.1. The van der Waals surface area contributed by atoms with Gasteiger partial charge in [-0.25, -0.2) is 4.98 Å². The van der Waals surface area contributed by atoms with Crippen molar-refractivity contribution in [1.29, 1.82) is 0 Å². The number of piperazine rings is 1. The van der Waals surface area contributed by atoms with Crippen molar-refractivity contribution in [3.8, 4) is 0 Å². The number of nitrogens with zero attached hydrogens (tertiary/aromatic N) is 3. The summed E-state index contributed by atoms with van der Waals surface area (Å²) in [6.07, 6.45) is 1.63. The van der Waals surface area contributed by atoms with Gasteiger partial charge in [0.1, 0.15) is 5.82 Å². The summed E-state index contributed by atoms with van der Waals surface area (Å²) in [6.45, 7) is 8.45. The standard InChI is InChI=1S/C15H24N4O2/c1-12(2)17-15(21)13-3-4-14(16-11-13)19-7-5-18(6-8-19)9-10-20/h3-4,11-12,20H,5-10H2,1-2H3,(H,17,21). The van der Waals surface area contributed by atoms with E-state index < -0.39 is 0 Å². The van der Waals surface area contributed by atoms with Crippen LogP contribution in [0.5, 0.6) is 0 Å². The molecule has 0 atom stereocenters. The van der Waals surface area contributed by atoms with E-state index in [4.69, 9.17) is 5.11 Å². The molecule has 1 aliphatic heterocycles. The van der Waals surface area contributed by atoms with E-state index in [0.29, 0.717) is 5.56 Å². The third-order valence-corrected chi connectivity index (χ3v) is 3.54. The maximum atomic E-state index is 11.9. The van der Waals surface area contributed by atoms with Crippen LogP contribution in [0.25, 0.3) is 0 Å². The smallest absolute Gasteiger partial charge is 0.253 e. The Morgan fingerprint density at radius 2 is 2.05 bits per heavy atom. The third kappa shape index (κ3) is 4.41. The van der Waals surface area contributed by atoms with Crippen LogP contribution >= 0.6 is 0 Å². The fourth-order valence-corrected chi connectivity index (χ4v) is 2.39. The average Bonchev–Trinajstić information content (AvgIpc) is 2.48. The molecule has 2 N–H and O–H groups in total. The maximum Gasteiger partial charge on any atom is 0.253 e. The van der Waals surface area contributed by atoms with E-state index in [1.54, 1.807) is 6.20 Å². The summed E-state index contributed by atoms with van der Waals surface area (Å²) in [7, 11) is 0. The SMILES string of the molecule is CC(C)NC(=O)c1ccc(N2CCN(CCO)CC2)nc1. The molecule has 1 aromatic rings. The van der Waals surface area contributed by atoms with Gasteiger partial charge in [0.15, 0.2) is 0 Å². The summed E-state index contributed by atoms with van der Waals surface area (Å²) in [6, 6.07) is 3.84. The number of aromatic nitrogens is 1. The van der Waals surface area contributed by atoms with Crippen molar-refractivity contribution in [3.05, 3.63) is 23.9 Å². The number of amides is 1. The van der Waals surface area contributed by atoms with Gasteiger partial charge in [-0.3, -0.25) is 9.69 Å². The van der Waals surface area contributed by atoms with Crippen molar-refractivity contribution in [2.24, 2.45) is 0 Å². The highest BCUT2D eigenvalue weighted by atomic mass is 16.3. The second-order valence-electron chi connectivity index (χ2n) is 5.59. The monoisotopic (exact) mass is 292 g/mol. The highest BCUT2D eigenvalue weighted by Crippen LogP contribution is 2.14. The van der Waals surface area contributed by atoms with Gasteiger partial charge in [-0.2, -0.15) is 0 Å². The Morgan fingerprint density at radius 1 is 1.33 bits per heavy atom. The Labute approximate surface area is 125 Å². The lowest BCUT2D eigenvalue weighted by molar-refractivity contribution is 0.0943. The molecule has 6 heteroatoms. The number of nitrogens with one attached hydrogen (secondary N) is 1. The van der Waals surface area contributed by atoms with Gasteiger partial charge >= 0.3 is 0 Å². The molecular weight excluding hydrogens is 268 g/mol. The average molecular weight is 292 g/mol. The fraction of sp³-hybridized carbons (Fsp3) is 0.600. The van der Waals surface area contributed by atoms with E-state index in [1.807, 2.05) is 26.0 Å². The molecule has 1 fully saturated rings. The predicted molar refractivity (Wildman–Crippen MR) is 82.6 cm³/mol. The summed E-state index contributed by atoms with van der Waals surface area (Å²) in [5.41, 5.74) is 0.589. The zero-order valence-corrected chi connectivity index (χ0v) is 12.7. The Balaban J connectivity index is 1.92. The highest BCUT2D eigenvalue weighted by molar-refractivity contribution is 5.94. The second kappa shape index (κ2) is 7.38. The molecule has 0 radical (unpaired) electrons. The predicted octanol–water partition coefficient (Wildman–Crippen LogP) is 0.334. The Hall–Kier alpha value is -1.66. The van der Waals surface area contributed by atoms with E-state index in [-0.39, 0.29) is 18.6 Å². The molecule has 0 unspecified atom stereocenters. The van der Waals surface area contributed by atoms with Crippen LogP contribution in [0.15, 0.2) is 18.3 Å². The van der Waals surface area contributed by atoms with E-state index in [2.05, 4.69) is 20.1 Å². The van der Waals surface area contributed by atoms with E-state index in [1.165, 1.54) is 0 Å². The Kier molecular flexibility index (Phi) is 5.52. The minimum Gasteiger partial charge on any atom is -0.395 e. The van der Waals surface area contributed by atoms with Gasteiger partial charge in [0.05, 0.1) is 12.2 Å². The zero-order chi connectivity index (χ0) is 15.2. The van der Waals surface area contributed by atoms with Crippen LogP contribution in [0.3, 0.4) is 0 Å². The molecule has 0 spiro atoms. The quantitative estimate of drug-likeness (QED) is 0.819. The van der Waals surface area contributed by atoms with E-state index in [0.717, 1.165) is 38.5 Å². The van der Waals surface area contributed by atoms with Gasteiger partial charge in [-0.05, 0) is 26.0 Å². The molecule has 1 amide bonds.